The number of nitrogens with two attached hydrogens (primary N) is 1. The molecular weight excluding hydrogens is 178 g/mol. The SMILES string of the molecule is CCOC(=O)[C@@H]1C=C[C@H](N)C1.Cl. The van der Waals surface area contributed by atoms with Crippen LogP contribution in [0.4, 0.5) is 0 Å². The van der Waals surface area contributed by atoms with E-state index in [-0.39, 0.29) is 30.3 Å². The van der Waals surface area contributed by atoms with E-state index in [4.69, 9.17) is 10.5 Å². The summed E-state index contributed by atoms with van der Waals surface area (Å²) in [5, 5.41) is 0. The summed E-state index contributed by atoms with van der Waals surface area (Å²) in [5.74, 6) is -0.262. The fourth-order valence-corrected chi connectivity index (χ4v) is 1.15. The smallest absolute Gasteiger partial charge is 0.312 e. The molecule has 0 heterocycles. The Morgan fingerprint density at radius 3 is 2.75 bits per heavy atom. The topological polar surface area (TPSA) is 52.3 Å². The minimum absolute atomic E-state index is 0. The Hall–Kier alpha value is -0.540. The maximum Gasteiger partial charge on any atom is 0.312 e. The Bertz CT molecular complexity index is 182. The predicted octanol–water partition coefficient (Wildman–Crippen LogP) is 0.875. The number of hydrogen-bond acceptors (Lipinski definition) is 3. The van der Waals surface area contributed by atoms with Gasteiger partial charge in [0.25, 0.3) is 0 Å². The van der Waals surface area contributed by atoms with Gasteiger partial charge >= 0.3 is 5.97 Å². The van der Waals surface area contributed by atoms with E-state index in [1.165, 1.54) is 0 Å². The average Bonchev–Trinajstić information content (AvgIpc) is 2.36. The standard InChI is InChI=1S/C8H13NO2.ClH/c1-2-11-8(10)6-3-4-7(9)5-6;/h3-4,6-7H,2,5,9H2,1H3;1H/t6-,7+;/m1./s1. The molecule has 0 spiro atoms. The van der Waals surface area contributed by atoms with Crippen molar-refractivity contribution in [3.63, 3.8) is 0 Å². The highest BCUT2D eigenvalue weighted by Gasteiger charge is 2.23. The van der Waals surface area contributed by atoms with E-state index in [1.807, 2.05) is 12.2 Å². The molecule has 0 fully saturated rings. The lowest BCUT2D eigenvalue weighted by Gasteiger charge is -2.07. The first-order valence-corrected chi connectivity index (χ1v) is 3.84. The van der Waals surface area contributed by atoms with Gasteiger partial charge in [-0.25, -0.2) is 0 Å². The van der Waals surface area contributed by atoms with Gasteiger partial charge in [0.05, 0.1) is 12.5 Å². The third-order valence-corrected chi connectivity index (χ3v) is 1.71. The molecule has 0 saturated heterocycles. The third-order valence-electron chi connectivity index (χ3n) is 1.71. The molecule has 0 unspecified atom stereocenters. The molecular formula is C8H14ClNO2. The zero-order valence-corrected chi connectivity index (χ0v) is 7.84. The van der Waals surface area contributed by atoms with Gasteiger partial charge in [0.15, 0.2) is 0 Å². The van der Waals surface area contributed by atoms with Gasteiger partial charge in [-0.15, -0.1) is 12.4 Å². The lowest BCUT2D eigenvalue weighted by Crippen LogP contribution is -2.20. The van der Waals surface area contributed by atoms with Crippen molar-refractivity contribution in [3.05, 3.63) is 12.2 Å². The van der Waals surface area contributed by atoms with Crippen molar-refractivity contribution in [1.82, 2.24) is 0 Å². The van der Waals surface area contributed by atoms with Crippen LogP contribution in [0.3, 0.4) is 0 Å². The highest BCUT2D eigenvalue weighted by Crippen LogP contribution is 2.17. The summed E-state index contributed by atoms with van der Waals surface area (Å²) in [5.41, 5.74) is 5.56. The molecule has 2 atom stereocenters. The number of carbonyl (C=O) groups excluding carboxylic acids is 1. The Labute approximate surface area is 78.4 Å². The van der Waals surface area contributed by atoms with E-state index in [2.05, 4.69) is 0 Å². The van der Waals surface area contributed by atoms with Gasteiger partial charge in [-0.1, -0.05) is 12.2 Å². The fraction of sp³-hybridized carbons (Fsp3) is 0.625. The zero-order valence-electron chi connectivity index (χ0n) is 7.03. The van der Waals surface area contributed by atoms with E-state index in [0.717, 1.165) is 0 Å². The van der Waals surface area contributed by atoms with Crippen molar-refractivity contribution >= 4 is 18.4 Å². The van der Waals surface area contributed by atoms with Crippen LogP contribution in [0.5, 0.6) is 0 Å². The molecule has 12 heavy (non-hydrogen) atoms. The van der Waals surface area contributed by atoms with E-state index < -0.39 is 0 Å². The Kier molecular flexibility index (Phi) is 4.93. The molecule has 1 rings (SSSR count). The number of esters is 1. The van der Waals surface area contributed by atoms with Crippen molar-refractivity contribution in [3.8, 4) is 0 Å². The first-order chi connectivity index (χ1) is 5.24. The van der Waals surface area contributed by atoms with Crippen LogP contribution in [0.25, 0.3) is 0 Å². The van der Waals surface area contributed by atoms with Crippen molar-refractivity contribution < 1.29 is 9.53 Å². The normalized spacial score (nSPS) is 26.5. The summed E-state index contributed by atoms with van der Waals surface area (Å²) in [4.78, 5) is 11.1. The van der Waals surface area contributed by atoms with Gasteiger partial charge in [-0.2, -0.15) is 0 Å². The monoisotopic (exact) mass is 191 g/mol. The lowest BCUT2D eigenvalue weighted by molar-refractivity contribution is -0.146. The second kappa shape index (κ2) is 5.17. The minimum Gasteiger partial charge on any atom is -0.466 e. The van der Waals surface area contributed by atoms with Crippen LogP contribution in [-0.2, 0) is 9.53 Å². The molecule has 70 valence electrons. The van der Waals surface area contributed by atoms with Gasteiger partial charge in [-0.05, 0) is 13.3 Å². The summed E-state index contributed by atoms with van der Waals surface area (Å²) in [6.07, 6.45) is 4.36. The van der Waals surface area contributed by atoms with Crippen LogP contribution in [0.1, 0.15) is 13.3 Å². The zero-order chi connectivity index (χ0) is 8.27. The van der Waals surface area contributed by atoms with Crippen LogP contribution in [0.2, 0.25) is 0 Å². The van der Waals surface area contributed by atoms with E-state index >= 15 is 0 Å². The Balaban J connectivity index is 0.00000121. The van der Waals surface area contributed by atoms with Crippen LogP contribution >= 0.6 is 12.4 Å². The van der Waals surface area contributed by atoms with Crippen LogP contribution < -0.4 is 5.73 Å². The van der Waals surface area contributed by atoms with Gasteiger partial charge < -0.3 is 10.5 Å². The average molecular weight is 192 g/mol. The maximum absolute atomic E-state index is 11.1. The number of hydrogen-bond donors (Lipinski definition) is 1. The molecule has 0 aromatic heterocycles. The fourth-order valence-electron chi connectivity index (χ4n) is 1.15. The number of ether oxygens (including phenoxy) is 1. The van der Waals surface area contributed by atoms with Gasteiger partial charge in [0.2, 0.25) is 0 Å². The molecule has 0 bridgehead atoms. The Morgan fingerprint density at radius 1 is 1.67 bits per heavy atom. The van der Waals surface area contributed by atoms with Crippen molar-refractivity contribution in [1.29, 1.82) is 0 Å². The molecule has 0 saturated carbocycles. The van der Waals surface area contributed by atoms with Crippen molar-refractivity contribution in [2.75, 3.05) is 6.61 Å². The van der Waals surface area contributed by atoms with Crippen LogP contribution in [0, 0.1) is 5.92 Å². The highest BCUT2D eigenvalue weighted by molar-refractivity contribution is 5.85. The largest absolute Gasteiger partial charge is 0.466 e. The predicted molar refractivity (Wildman–Crippen MR) is 49.1 cm³/mol. The Morgan fingerprint density at radius 2 is 2.33 bits per heavy atom. The number of rotatable bonds is 2. The second-order valence-corrected chi connectivity index (χ2v) is 2.64. The van der Waals surface area contributed by atoms with Crippen LogP contribution in [-0.4, -0.2) is 18.6 Å². The highest BCUT2D eigenvalue weighted by atomic mass is 35.5. The van der Waals surface area contributed by atoms with E-state index in [1.54, 1.807) is 6.92 Å². The van der Waals surface area contributed by atoms with Gasteiger partial charge in [0.1, 0.15) is 0 Å². The minimum atomic E-state index is -0.156. The molecule has 4 heteroatoms. The van der Waals surface area contributed by atoms with Crippen molar-refractivity contribution in [2.45, 2.75) is 19.4 Å². The summed E-state index contributed by atoms with van der Waals surface area (Å²) in [7, 11) is 0. The third kappa shape index (κ3) is 2.83. The molecule has 0 aromatic rings. The quantitative estimate of drug-likeness (QED) is 0.521. The van der Waals surface area contributed by atoms with E-state index in [0.29, 0.717) is 13.0 Å². The molecule has 3 nitrogen and oxygen atoms in total. The van der Waals surface area contributed by atoms with Crippen molar-refractivity contribution in [2.24, 2.45) is 11.7 Å². The van der Waals surface area contributed by atoms with Gasteiger partial charge in [-0.3, -0.25) is 4.79 Å². The number of carbonyl (C=O) groups is 1. The molecule has 0 amide bonds. The molecule has 2 N–H and O–H groups in total. The molecule has 1 aliphatic carbocycles. The maximum atomic E-state index is 11.1. The number of halogens is 1. The molecule has 0 aliphatic heterocycles. The molecule has 1 aliphatic rings. The van der Waals surface area contributed by atoms with E-state index in [9.17, 15) is 4.79 Å². The molecule has 0 aromatic carbocycles. The second-order valence-electron chi connectivity index (χ2n) is 2.64. The summed E-state index contributed by atoms with van der Waals surface area (Å²) < 4.78 is 4.83. The van der Waals surface area contributed by atoms with Gasteiger partial charge in [0, 0.05) is 6.04 Å². The summed E-state index contributed by atoms with van der Waals surface area (Å²) in [6, 6.07) is 0.0319. The first kappa shape index (κ1) is 11.5. The van der Waals surface area contributed by atoms with Crippen LogP contribution in [0.15, 0.2) is 12.2 Å². The molecule has 0 radical (unpaired) electrons. The first-order valence-electron chi connectivity index (χ1n) is 3.84. The summed E-state index contributed by atoms with van der Waals surface area (Å²) >= 11 is 0. The summed E-state index contributed by atoms with van der Waals surface area (Å²) in [6.45, 7) is 2.24. The lowest BCUT2D eigenvalue weighted by atomic mass is 10.1.